The van der Waals surface area contributed by atoms with Crippen LogP contribution in [0, 0.1) is 5.41 Å². The van der Waals surface area contributed by atoms with Crippen LogP contribution in [0.3, 0.4) is 0 Å². The minimum absolute atomic E-state index is 0.481. The van der Waals surface area contributed by atoms with E-state index >= 15 is 0 Å². The molecule has 0 aromatic heterocycles. The second-order valence-corrected chi connectivity index (χ2v) is 7.01. The number of benzene rings is 1. The molecule has 0 saturated carbocycles. The molecule has 1 saturated heterocycles. The van der Waals surface area contributed by atoms with Crippen molar-refractivity contribution < 1.29 is 0 Å². The first kappa shape index (κ1) is 14.7. The van der Waals surface area contributed by atoms with Crippen molar-refractivity contribution >= 4 is 17.4 Å². The Labute approximate surface area is 121 Å². The number of anilines is 1. The summed E-state index contributed by atoms with van der Waals surface area (Å²) in [4.78, 5) is 3.86. The van der Waals surface area contributed by atoms with Gasteiger partial charge in [-0.05, 0) is 43.1 Å². The zero-order valence-corrected chi connectivity index (χ0v) is 13.2. The minimum Gasteiger partial charge on any atom is -0.371 e. The summed E-state index contributed by atoms with van der Waals surface area (Å²) in [7, 11) is 0. The molecule has 0 spiro atoms. The SMILES string of the molecule is CSc1cccc(N2CCCC(C)(C)CC2)c1CN. The molecule has 1 aromatic carbocycles. The molecule has 1 heterocycles. The van der Waals surface area contributed by atoms with Gasteiger partial charge in [-0.15, -0.1) is 11.8 Å². The van der Waals surface area contributed by atoms with Gasteiger partial charge in [-0.2, -0.15) is 0 Å². The van der Waals surface area contributed by atoms with Gasteiger partial charge >= 0.3 is 0 Å². The largest absolute Gasteiger partial charge is 0.371 e. The monoisotopic (exact) mass is 278 g/mol. The molecule has 0 unspecified atom stereocenters. The van der Waals surface area contributed by atoms with Gasteiger partial charge in [0.15, 0.2) is 0 Å². The first-order valence-electron chi connectivity index (χ1n) is 7.18. The van der Waals surface area contributed by atoms with Crippen LogP contribution < -0.4 is 10.6 Å². The lowest BCUT2D eigenvalue weighted by molar-refractivity contribution is 0.325. The van der Waals surface area contributed by atoms with Crippen LogP contribution in [-0.2, 0) is 6.54 Å². The number of nitrogens with two attached hydrogens (primary N) is 1. The highest BCUT2D eigenvalue weighted by molar-refractivity contribution is 7.98. The zero-order valence-electron chi connectivity index (χ0n) is 12.4. The summed E-state index contributed by atoms with van der Waals surface area (Å²) in [6, 6.07) is 6.58. The van der Waals surface area contributed by atoms with E-state index in [9.17, 15) is 0 Å². The third kappa shape index (κ3) is 3.46. The molecular weight excluding hydrogens is 252 g/mol. The first-order valence-corrected chi connectivity index (χ1v) is 8.41. The van der Waals surface area contributed by atoms with Crippen molar-refractivity contribution in [3.05, 3.63) is 23.8 Å². The van der Waals surface area contributed by atoms with Gasteiger partial charge in [0.05, 0.1) is 0 Å². The number of hydrogen-bond acceptors (Lipinski definition) is 3. The van der Waals surface area contributed by atoms with Crippen LogP contribution in [0.5, 0.6) is 0 Å². The third-order valence-electron chi connectivity index (χ3n) is 4.21. The lowest BCUT2D eigenvalue weighted by atomic mass is 9.85. The second-order valence-electron chi connectivity index (χ2n) is 6.17. The maximum atomic E-state index is 5.99. The van der Waals surface area contributed by atoms with Gasteiger partial charge in [-0.25, -0.2) is 0 Å². The molecule has 0 aliphatic carbocycles. The van der Waals surface area contributed by atoms with Crippen molar-refractivity contribution in [2.24, 2.45) is 11.1 Å². The van der Waals surface area contributed by atoms with Gasteiger partial charge in [0.25, 0.3) is 0 Å². The summed E-state index contributed by atoms with van der Waals surface area (Å²) in [5.74, 6) is 0. The number of thioether (sulfide) groups is 1. The Morgan fingerprint density at radius 3 is 2.74 bits per heavy atom. The predicted molar refractivity (Wildman–Crippen MR) is 86.0 cm³/mol. The minimum atomic E-state index is 0.481. The van der Waals surface area contributed by atoms with Gasteiger partial charge in [0.2, 0.25) is 0 Å². The molecule has 0 atom stereocenters. The standard InChI is InChI=1S/C16H26N2S/c1-16(2)8-5-10-18(11-9-16)14-6-4-7-15(19-3)13(14)12-17/h4,6-7H,5,8-12,17H2,1-3H3. The van der Waals surface area contributed by atoms with Crippen LogP contribution in [0.15, 0.2) is 23.1 Å². The highest BCUT2D eigenvalue weighted by Crippen LogP contribution is 2.34. The van der Waals surface area contributed by atoms with Crippen LogP contribution in [0.2, 0.25) is 0 Å². The average molecular weight is 278 g/mol. The first-order chi connectivity index (χ1) is 9.07. The van der Waals surface area contributed by atoms with Crippen molar-refractivity contribution in [1.29, 1.82) is 0 Å². The van der Waals surface area contributed by atoms with Crippen LogP contribution in [-0.4, -0.2) is 19.3 Å². The van der Waals surface area contributed by atoms with Crippen LogP contribution >= 0.6 is 11.8 Å². The van der Waals surface area contributed by atoms with Gasteiger partial charge in [0, 0.05) is 35.8 Å². The molecule has 1 aromatic rings. The highest BCUT2D eigenvalue weighted by Gasteiger charge is 2.24. The molecule has 1 fully saturated rings. The molecule has 1 aliphatic rings. The van der Waals surface area contributed by atoms with E-state index in [1.165, 1.54) is 35.4 Å². The zero-order chi connectivity index (χ0) is 13.9. The summed E-state index contributed by atoms with van der Waals surface area (Å²) < 4.78 is 0. The summed E-state index contributed by atoms with van der Waals surface area (Å²) >= 11 is 1.80. The Morgan fingerprint density at radius 2 is 2.05 bits per heavy atom. The van der Waals surface area contributed by atoms with Crippen molar-refractivity contribution in [3.8, 4) is 0 Å². The maximum Gasteiger partial charge on any atom is 0.0423 e. The lowest BCUT2D eigenvalue weighted by Crippen LogP contribution is -2.26. The van der Waals surface area contributed by atoms with E-state index < -0.39 is 0 Å². The van der Waals surface area contributed by atoms with Crippen molar-refractivity contribution in [3.63, 3.8) is 0 Å². The van der Waals surface area contributed by atoms with E-state index in [2.05, 4.69) is 43.2 Å². The van der Waals surface area contributed by atoms with Crippen molar-refractivity contribution in [1.82, 2.24) is 0 Å². The Balaban J connectivity index is 2.26. The van der Waals surface area contributed by atoms with E-state index in [-0.39, 0.29) is 0 Å². The second kappa shape index (κ2) is 6.19. The topological polar surface area (TPSA) is 29.3 Å². The van der Waals surface area contributed by atoms with E-state index in [0.717, 1.165) is 13.1 Å². The fraction of sp³-hybridized carbons (Fsp3) is 0.625. The molecule has 0 amide bonds. The molecule has 19 heavy (non-hydrogen) atoms. The van der Waals surface area contributed by atoms with E-state index in [1.807, 2.05) is 0 Å². The van der Waals surface area contributed by atoms with E-state index in [1.54, 1.807) is 11.8 Å². The smallest absolute Gasteiger partial charge is 0.0423 e. The molecule has 1 aliphatic heterocycles. The molecule has 2 rings (SSSR count). The molecule has 0 radical (unpaired) electrons. The highest BCUT2D eigenvalue weighted by atomic mass is 32.2. The van der Waals surface area contributed by atoms with Crippen LogP contribution in [0.4, 0.5) is 5.69 Å². The molecule has 3 heteroatoms. The van der Waals surface area contributed by atoms with E-state index in [0.29, 0.717) is 12.0 Å². The van der Waals surface area contributed by atoms with Crippen molar-refractivity contribution in [2.45, 2.75) is 44.6 Å². The molecule has 106 valence electrons. The van der Waals surface area contributed by atoms with Crippen molar-refractivity contribution in [2.75, 3.05) is 24.2 Å². The Kier molecular flexibility index (Phi) is 4.80. The lowest BCUT2D eigenvalue weighted by Gasteiger charge is -2.27. The summed E-state index contributed by atoms with van der Waals surface area (Å²) in [6.45, 7) is 7.72. The molecule has 2 nitrogen and oxygen atoms in total. The maximum absolute atomic E-state index is 5.99. The normalized spacial score (nSPS) is 19.3. The summed E-state index contributed by atoms with van der Waals surface area (Å²) in [5.41, 5.74) is 9.14. The average Bonchev–Trinajstić information content (AvgIpc) is 2.58. The third-order valence-corrected chi connectivity index (χ3v) is 5.04. The van der Waals surface area contributed by atoms with Gasteiger partial charge in [-0.1, -0.05) is 19.9 Å². The summed E-state index contributed by atoms with van der Waals surface area (Å²) in [5, 5.41) is 0. The fourth-order valence-electron chi connectivity index (χ4n) is 2.91. The quantitative estimate of drug-likeness (QED) is 0.851. The predicted octanol–water partition coefficient (Wildman–Crippen LogP) is 3.88. The summed E-state index contributed by atoms with van der Waals surface area (Å²) in [6.07, 6.45) is 5.99. The number of hydrogen-bond donors (Lipinski definition) is 1. The Bertz CT molecular complexity index is 429. The fourth-order valence-corrected chi connectivity index (χ4v) is 3.56. The molecular formula is C16H26N2S. The van der Waals surface area contributed by atoms with Crippen LogP contribution in [0.1, 0.15) is 38.7 Å². The Hall–Kier alpha value is -0.670. The Morgan fingerprint density at radius 1 is 1.26 bits per heavy atom. The molecule has 0 bridgehead atoms. The van der Waals surface area contributed by atoms with Gasteiger partial charge in [0.1, 0.15) is 0 Å². The van der Waals surface area contributed by atoms with E-state index in [4.69, 9.17) is 5.73 Å². The number of nitrogens with zero attached hydrogens (tertiary/aromatic N) is 1. The number of rotatable bonds is 3. The van der Waals surface area contributed by atoms with Gasteiger partial charge in [-0.3, -0.25) is 0 Å². The molecule has 2 N–H and O–H groups in total. The van der Waals surface area contributed by atoms with Crippen LogP contribution in [0.25, 0.3) is 0 Å². The van der Waals surface area contributed by atoms with Gasteiger partial charge < -0.3 is 10.6 Å².